The molecule has 1 heteroatoms. The zero-order valence-corrected chi connectivity index (χ0v) is 11.4. The molecule has 0 nitrogen and oxygen atoms in total. The first-order valence-corrected chi connectivity index (χ1v) is 5.44. The minimum Gasteiger partial charge on any atom is -0.346 e. The Labute approximate surface area is 102 Å². The van der Waals surface area contributed by atoms with E-state index in [1.807, 2.05) is 0 Å². The van der Waals surface area contributed by atoms with Crippen LogP contribution in [-0.4, -0.2) is 23.1 Å². The SMILES string of the molecule is CCCC[CH-]CCCCC.[CH2-]C.[Mg+2]. The molecule has 0 saturated carbocycles. The Hall–Kier alpha value is 0.766. The smallest absolute Gasteiger partial charge is 0.346 e. The van der Waals surface area contributed by atoms with E-state index in [-0.39, 0.29) is 23.1 Å². The first-order chi connectivity index (χ1) is 5.91. The molecule has 0 aliphatic rings. The van der Waals surface area contributed by atoms with Gasteiger partial charge in [-0.25, -0.2) is 0 Å². The zero-order valence-electron chi connectivity index (χ0n) is 9.94. The molecule has 0 aromatic carbocycles. The van der Waals surface area contributed by atoms with E-state index in [4.69, 9.17) is 0 Å². The third-order valence-electron chi connectivity index (χ3n) is 1.77. The van der Waals surface area contributed by atoms with Gasteiger partial charge in [-0.1, -0.05) is 46.0 Å². The van der Waals surface area contributed by atoms with Crippen LogP contribution in [0.1, 0.15) is 65.7 Å². The molecule has 0 N–H and O–H groups in total. The normalized spacial score (nSPS) is 8.31. The van der Waals surface area contributed by atoms with Crippen molar-refractivity contribution in [2.24, 2.45) is 0 Å². The monoisotopic (exact) mass is 194 g/mol. The molecule has 0 rings (SSSR count). The van der Waals surface area contributed by atoms with E-state index in [2.05, 4.69) is 27.2 Å². The van der Waals surface area contributed by atoms with Gasteiger partial charge in [0.1, 0.15) is 0 Å². The van der Waals surface area contributed by atoms with Crippen molar-refractivity contribution in [1.82, 2.24) is 0 Å². The molecular weight excluding hydrogens is 168 g/mol. The second kappa shape index (κ2) is 23.0. The van der Waals surface area contributed by atoms with Crippen molar-refractivity contribution in [2.75, 3.05) is 0 Å². The Kier molecular flexibility index (Phi) is 34.2. The van der Waals surface area contributed by atoms with Gasteiger partial charge in [0.15, 0.2) is 0 Å². The van der Waals surface area contributed by atoms with Gasteiger partial charge < -0.3 is 13.3 Å². The van der Waals surface area contributed by atoms with Crippen LogP contribution in [0.2, 0.25) is 0 Å². The standard InChI is InChI=1S/C10H21.C2H5.Mg/c1-3-5-7-9-10-8-6-4-2;1-2;/h9H,3-8,10H2,1-2H3;1H2,2H3;/q2*-1;+2. The van der Waals surface area contributed by atoms with Crippen LogP contribution in [0, 0.1) is 13.3 Å². The summed E-state index contributed by atoms with van der Waals surface area (Å²) in [6, 6.07) is 0. The maximum Gasteiger partial charge on any atom is 2.00 e. The van der Waals surface area contributed by atoms with Crippen LogP contribution in [0.3, 0.4) is 0 Å². The Balaban J connectivity index is -0.000000309. The van der Waals surface area contributed by atoms with E-state index in [1.165, 1.54) is 44.9 Å². The van der Waals surface area contributed by atoms with Gasteiger partial charge >= 0.3 is 23.1 Å². The van der Waals surface area contributed by atoms with Crippen molar-refractivity contribution < 1.29 is 0 Å². The summed E-state index contributed by atoms with van der Waals surface area (Å²) in [4.78, 5) is 0. The molecule has 13 heavy (non-hydrogen) atoms. The Morgan fingerprint density at radius 3 is 1.77 bits per heavy atom. The molecule has 0 amide bonds. The topological polar surface area (TPSA) is 0 Å². The third-order valence-corrected chi connectivity index (χ3v) is 1.77. The predicted octanol–water partition coefficient (Wildman–Crippen LogP) is 4.42. The molecule has 0 heterocycles. The molecular formula is C12H26Mg. The number of rotatable bonds is 7. The third kappa shape index (κ3) is 24.5. The zero-order chi connectivity index (χ0) is 9.66. The maximum atomic E-state index is 3.25. The van der Waals surface area contributed by atoms with Gasteiger partial charge in [-0.3, -0.25) is 0 Å². The van der Waals surface area contributed by atoms with E-state index in [1.54, 1.807) is 6.92 Å². The first-order valence-electron chi connectivity index (χ1n) is 5.44. The molecule has 0 radical (unpaired) electrons. The van der Waals surface area contributed by atoms with Gasteiger partial charge in [0.05, 0.1) is 0 Å². The largest absolute Gasteiger partial charge is 2.00 e. The molecule has 0 bridgehead atoms. The van der Waals surface area contributed by atoms with Gasteiger partial charge in [0.25, 0.3) is 0 Å². The molecule has 0 saturated heterocycles. The Bertz CT molecular complexity index is 45.1. The average molecular weight is 195 g/mol. The molecule has 0 aromatic rings. The fourth-order valence-corrected chi connectivity index (χ4v) is 1.03. The van der Waals surface area contributed by atoms with E-state index in [0.717, 1.165) is 0 Å². The molecule has 76 valence electrons. The number of hydrogen-bond acceptors (Lipinski definition) is 0. The minimum absolute atomic E-state index is 0. The van der Waals surface area contributed by atoms with Crippen LogP contribution in [0.4, 0.5) is 0 Å². The quantitative estimate of drug-likeness (QED) is 0.320. The van der Waals surface area contributed by atoms with Crippen molar-refractivity contribution in [1.29, 1.82) is 0 Å². The van der Waals surface area contributed by atoms with E-state index >= 15 is 0 Å². The first kappa shape index (κ1) is 19.4. The molecule has 0 unspecified atom stereocenters. The summed E-state index contributed by atoms with van der Waals surface area (Å²) in [6.45, 7) is 9.51. The van der Waals surface area contributed by atoms with Crippen LogP contribution in [0.15, 0.2) is 0 Å². The summed E-state index contributed by atoms with van der Waals surface area (Å²) >= 11 is 0. The molecule has 0 spiro atoms. The molecule has 0 aliphatic heterocycles. The van der Waals surface area contributed by atoms with Crippen LogP contribution in [0.5, 0.6) is 0 Å². The van der Waals surface area contributed by atoms with Crippen molar-refractivity contribution in [3.8, 4) is 0 Å². The second-order valence-corrected chi connectivity index (χ2v) is 2.93. The Morgan fingerprint density at radius 2 is 1.31 bits per heavy atom. The van der Waals surface area contributed by atoms with Gasteiger partial charge in [-0.2, -0.15) is 19.8 Å². The number of hydrogen-bond donors (Lipinski definition) is 0. The van der Waals surface area contributed by atoms with Crippen molar-refractivity contribution in [3.05, 3.63) is 13.3 Å². The summed E-state index contributed by atoms with van der Waals surface area (Å²) < 4.78 is 0. The van der Waals surface area contributed by atoms with Crippen LogP contribution in [-0.2, 0) is 0 Å². The average Bonchev–Trinajstić information content (AvgIpc) is 2.15. The summed E-state index contributed by atoms with van der Waals surface area (Å²) in [5, 5.41) is 0. The summed E-state index contributed by atoms with van der Waals surface area (Å²) in [5.74, 6) is 0. The summed E-state index contributed by atoms with van der Waals surface area (Å²) in [6.07, 6.45) is 12.0. The van der Waals surface area contributed by atoms with Crippen molar-refractivity contribution in [3.63, 3.8) is 0 Å². The predicted molar refractivity (Wildman–Crippen MR) is 64.8 cm³/mol. The molecule has 0 aromatic heterocycles. The molecule has 0 atom stereocenters. The summed E-state index contributed by atoms with van der Waals surface area (Å²) in [5.41, 5.74) is 0. The van der Waals surface area contributed by atoms with E-state index in [0.29, 0.717) is 0 Å². The fourth-order valence-electron chi connectivity index (χ4n) is 1.03. The van der Waals surface area contributed by atoms with Gasteiger partial charge in [-0.15, -0.1) is 0 Å². The van der Waals surface area contributed by atoms with Gasteiger partial charge in [0, 0.05) is 0 Å². The fraction of sp³-hybridized carbons (Fsp3) is 0.833. The van der Waals surface area contributed by atoms with Crippen LogP contribution >= 0.6 is 0 Å². The van der Waals surface area contributed by atoms with Crippen LogP contribution in [0.25, 0.3) is 0 Å². The Morgan fingerprint density at radius 1 is 0.846 bits per heavy atom. The maximum absolute atomic E-state index is 3.25. The second-order valence-electron chi connectivity index (χ2n) is 2.93. The van der Waals surface area contributed by atoms with E-state index < -0.39 is 0 Å². The van der Waals surface area contributed by atoms with Crippen molar-refractivity contribution >= 4 is 23.1 Å². The molecule has 0 aliphatic carbocycles. The van der Waals surface area contributed by atoms with Gasteiger partial charge in [-0.05, 0) is 0 Å². The minimum atomic E-state index is 0. The molecule has 0 fully saturated rings. The number of unbranched alkanes of at least 4 members (excludes halogenated alkanes) is 7. The van der Waals surface area contributed by atoms with E-state index in [9.17, 15) is 0 Å². The van der Waals surface area contributed by atoms with Crippen molar-refractivity contribution in [2.45, 2.75) is 65.7 Å². The van der Waals surface area contributed by atoms with Crippen LogP contribution < -0.4 is 0 Å². The summed E-state index contributed by atoms with van der Waals surface area (Å²) in [7, 11) is 0. The van der Waals surface area contributed by atoms with Gasteiger partial charge in [0.2, 0.25) is 0 Å².